The minimum Gasteiger partial charge on any atom is -0.421 e. The van der Waals surface area contributed by atoms with E-state index in [0.29, 0.717) is 0 Å². The van der Waals surface area contributed by atoms with Crippen LogP contribution in [0.1, 0.15) is 0 Å². The lowest BCUT2D eigenvalue weighted by molar-refractivity contribution is 0.269. The molecule has 0 spiro atoms. The molecule has 1 rings (SSSR count). The summed E-state index contributed by atoms with van der Waals surface area (Å²) >= 11 is 6.43. The monoisotopic (exact) mass is 282 g/mol. The molecule has 0 radical (unpaired) electrons. The summed E-state index contributed by atoms with van der Waals surface area (Å²) in [5, 5.41) is 0. The van der Waals surface area contributed by atoms with Crippen molar-refractivity contribution >= 4 is 30.3 Å². The Morgan fingerprint density at radius 1 is 1.31 bits per heavy atom. The molecule has 3 nitrogen and oxygen atoms in total. The Kier molecular flexibility index (Phi) is 5.21. The van der Waals surface area contributed by atoms with Crippen LogP contribution in [0.3, 0.4) is 0 Å². The average Bonchev–Trinajstić information content (AvgIpc) is 2.31. The molecule has 90 valence electrons. The number of thioether (sulfide) groups is 1. The lowest BCUT2D eigenvalue weighted by Crippen LogP contribution is -1.98. The summed E-state index contributed by atoms with van der Waals surface area (Å²) in [6.45, 7) is -2.87. The lowest BCUT2D eigenvalue weighted by atomic mass is 10.3. The third kappa shape index (κ3) is 3.43. The SMILES string of the molecule is COP(=S)(OC)Oc1ccc(SC)cc1F. The molecule has 0 heterocycles. The van der Waals surface area contributed by atoms with Crippen LogP contribution in [0.5, 0.6) is 5.75 Å². The molecule has 0 atom stereocenters. The summed E-state index contributed by atoms with van der Waals surface area (Å²) in [5.74, 6) is -0.431. The fourth-order valence-electron chi connectivity index (χ4n) is 0.952. The molecule has 1 aromatic carbocycles. The van der Waals surface area contributed by atoms with E-state index in [4.69, 9.17) is 25.4 Å². The van der Waals surface area contributed by atoms with E-state index in [0.717, 1.165) is 4.90 Å². The van der Waals surface area contributed by atoms with Crippen LogP contribution in [0.4, 0.5) is 4.39 Å². The van der Waals surface area contributed by atoms with Gasteiger partial charge in [0.25, 0.3) is 0 Å². The number of hydrogen-bond donors (Lipinski definition) is 0. The van der Waals surface area contributed by atoms with E-state index in [1.54, 1.807) is 6.07 Å². The molecule has 0 aliphatic heterocycles. The first kappa shape index (κ1) is 13.9. The summed E-state index contributed by atoms with van der Waals surface area (Å²) in [5.41, 5.74) is 0. The van der Waals surface area contributed by atoms with E-state index in [1.165, 1.54) is 38.1 Å². The molecule has 0 amide bonds. The predicted molar refractivity (Wildman–Crippen MR) is 67.1 cm³/mol. The van der Waals surface area contributed by atoms with Crippen molar-refractivity contribution in [1.29, 1.82) is 0 Å². The van der Waals surface area contributed by atoms with Gasteiger partial charge in [-0.3, -0.25) is 0 Å². The van der Waals surface area contributed by atoms with E-state index >= 15 is 0 Å². The van der Waals surface area contributed by atoms with Crippen LogP contribution in [0.2, 0.25) is 0 Å². The van der Waals surface area contributed by atoms with Gasteiger partial charge in [0.15, 0.2) is 11.6 Å². The van der Waals surface area contributed by atoms with Gasteiger partial charge in [0.1, 0.15) is 0 Å². The maximum Gasteiger partial charge on any atom is 0.380 e. The Balaban J connectivity index is 2.94. The van der Waals surface area contributed by atoms with Crippen molar-refractivity contribution in [2.45, 2.75) is 4.90 Å². The molecule has 0 bridgehead atoms. The van der Waals surface area contributed by atoms with E-state index in [1.807, 2.05) is 6.26 Å². The van der Waals surface area contributed by atoms with Crippen molar-refractivity contribution in [3.05, 3.63) is 24.0 Å². The van der Waals surface area contributed by atoms with Crippen molar-refractivity contribution in [3.63, 3.8) is 0 Å². The van der Waals surface area contributed by atoms with E-state index in [2.05, 4.69) is 0 Å². The number of rotatable bonds is 5. The largest absolute Gasteiger partial charge is 0.421 e. The third-order valence-corrected chi connectivity index (χ3v) is 4.95. The van der Waals surface area contributed by atoms with E-state index in [9.17, 15) is 4.39 Å². The molecule has 7 heteroatoms. The molecule has 0 fully saturated rings. The molecule has 0 aliphatic carbocycles. The standard InChI is InChI=1S/C9H12FO3PS2/c1-11-14(15,12-2)13-9-5-4-7(16-3)6-8(9)10/h4-6H,1-3H3. The van der Waals surface area contributed by atoms with E-state index < -0.39 is 12.5 Å². The molecule has 0 saturated heterocycles. The second kappa shape index (κ2) is 5.98. The molecule has 0 aromatic heterocycles. The zero-order valence-corrected chi connectivity index (χ0v) is 11.6. The van der Waals surface area contributed by atoms with Crippen LogP contribution in [0.25, 0.3) is 0 Å². The highest BCUT2D eigenvalue weighted by Gasteiger charge is 2.20. The highest BCUT2D eigenvalue weighted by atomic mass is 32.5. The molecular weight excluding hydrogens is 270 g/mol. The molecule has 1 aromatic rings. The molecule has 0 unspecified atom stereocenters. The minimum absolute atomic E-state index is 0.0461. The highest BCUT2D eigenvalue weighted by molar-refractivity contribution is 8.07. The summed E-state index contributed by atoms with van der Waals surface area (Å²) < 4.78 is 28.6. The van der Waals surface area contributed by atoms with Crippen LogP contribution >= 0.6 is 18.5 Å². The van der Waals surface area contributed by atoms with Crippen LogP contribution in [0, 0.1) is 5.82 Å². The van der Waals surface area contributed by atoms with Crippen molar-refractivity contribution in [3.8, 4) is 5.75 Å². The predicted octanol–water partition coefficient (Wildman–Crippen LogP) is 3.44. The van der Waals surface area contributed by atoms with Gasteiger partial charge < -0.3 is 13.6 Å². The third-order valence-electron chi connectivity index (χ3n) is 1.80. The molecule has 0 saturated carbocycles. The summed E-state index contributed by atoms with van der Waals surface area (Å²) in [6.07, 6.45) is 1.87. The normalized spacial score (nSPS) is 11.5. The van der Waals surface area contributed by atoms with Crippen molar-refractivity contribution in [1.82, 2.24) is 0 Å². The fraction of sp³-hybridized carbons (Fsp3) is 0.333. The highest BCUT2D eigenvalue weighted by Crippen LogP contribution is 2.48. The van der Waals surface area contributed by atoms with Gasteiger partial charge in [-0.15, -0.1) is 11.8 Å². The van der Waals surface area contributed by atoms with E-state index in [-0.39, 0.29) is 5.75 Å². The fourth-order valence-corrected chi connectivity index (χ4v) is 2.31. The first-order chi connectivity index (χ1) is 7.54. The Morgan fingerprint density at radius 2 is 1.94 bits per heavy atom. The van der Waals surface area contributed by atoms with Gasteiger partial charge in [0, 0.05) is 30.9 Å². The first-order valence-electron chi connectivity index (χ1n) is 4.29. The van der Waals surface area contributed by atoms with Crippen LogP contribution in [-0.2, 0) is 20.9 Å². The molecule has 16 heavy (non-hydrogen) atoms. The Morgan fingerprint density at radius 3 is 2.38 bits per heavy atom. The van der Waals surface area contributed by atoms with Crippen LogP contribution in [-0.4, -0.2) is 20.5 Å². The Labute approximate surface area is 104 Å². The first-order valence-corrected chi connectivity index (χ1v) is 8.07. The molecule has 0 N–H and O–H groups in total. The van der Waals surface area contributed by atoms with Gasteiger partial charge >= 0.3 is 6.72 Å². The zero-order valence-electron chi connectivity index (χ0n) is 9.10. The average molecular weight is 282 g/mol. The van der Waals surface area contributed by atoms with Gasteiger partial charge in [-0.05, 0) is 24.5 Å². The van der Waals surface area contributed by atoms with Gasteiger partial charge in [-0.2, -0.15) is 0 Å². The van der Waals surface area contributed by atoms with Gasteiger partial charge in [0.05, 0.1) is 0 Å². The Hall–Kier alpha value is -0.130. The van der Waals surface area contributed by atoms with Crippen LogP contribution in [0.15, 0.2) is 23.1 Å². The van der Waals surface area contributed by atoms with Gasteiger partial charge in [-0.1, -0.05) is 0 Å². The van der Waals surface area contributed by atoms with Gasteiger partial charge in [0.2, 0.25) is 0 Å². The maximum atomic E-state index is 13.6. The Bertz CT molecular complexity index is 406. The smallest absolute Gasteiger partial charge is 0.380 e. The van der Waals surface area contributed by atoms with Crippen molar-refractivity contribution < 1.29 is 18.0 Å². The summed E-state index contributed by atoms with van der Waals surface area (Å²) in [4.78, 5) is 0.813. The topological polar surface area (TPSA) is 27.7 Å². The van der Waals surface area contributed by atoms with Crippen molar-refractivity contribution in [2.75, 3.05) is 20.5 Å². The lowest BCUT2D eigenvalue weighted by Gasteiger charge is -2.18. The number of hydrogen-bond acceptors (Lipinski definition) is 5. The number of halogens is 1. The quantitative estimate of drug-likeness (QED) is 0.609. The molecule has 0 aliphatic rings. The second-order valence-corrected chi connectivity index (χ2v) is 6.73. The summed E-state index contributed by atoms with van der Waals surface area (Å²) in [7, 11) is 2.75. The second-order valence-electron chi connectivity index (χ2n) is 2.70. The molecular formula is C9H12FO3PS2. The minimum atomic E-state index is -2.87. The summed E-state index contributed by atoms with van der Waals surface area (Å²) in [6, 6.07) is 4.64. The maximum absolute atomic E-state index is 13.6. The van der Waals surface area contributed by atoms with Gasteiger partial charge in [-0.25, -0.2) is 4.39 Å². The zero-order chi connectivity index (χ0) is 12.2. The van der Waals surface area contributed by atoms with Crippen LogP contribution < -0.4 is 4.52 Å². The van der Waals surface area contributed by atoms with Crippen molar-refractivity contribution in [2.24, 2.45) is 0 Å². The number of benzene rings is 1.